The van der Waals surface area contributed by atoms with Gasteiger partial charge in [0, 0.05) is 6.54 Å². The highest BCUT2D eigenvalue weighted by Crippen LogP contribution is 2.11. The minimum atomic E-state index is -4.09. The average Bonchev–Trinajstić information content (AvgIpc) is 2.72. The highest BCUT2D eigenvalue weighted by molar-refractivity contribution is 7.89. The quantitative estimate of drug-likeness (QED) is 0.424. The van der Waals surface area contributed by atoms with Crippen LogP contribution in [0.15, 0.2) is 11.2 Å². The predicted octanol–water partition coefficient (Wildman–Crippen LogP) is -1.94. The third-order valence-corrected chi connectivity index (χ3v) is 4.29. The van der Waals surface area contributed by atoms with Gasteiger partial charge >= 0.3 is 5.97 Å². The van der Waals surface area contributed by atoms with Gasteiger partial charge in [-0.1, -0.05) is 0 Å². The highest BCUT2D eigenvalue weighted by Gasteiger charge is 2.24. The first-order valence-corrected chi connectivity index (χ1v) is 8.10. The molecule has 0 aliphatic heterocycles. The average molecular weight is 312 g/mol. The van der Waals surface area contributed by atoms with Gasteiger partial charge in [0.2, 0.25) is 10.0 Å². The number of carboxylic acids is 1. The van der Waals surface area contributed by atoms with Crippen molar-refractivity contribution < 1.29 is 26.7 Å². The number of nitrogens with two attached hydrogens (primary N) is 1. The van der Waals surface area contributed by atoms with Crippen molar-refractivity contribution in [1.29, 1.82) is 0 Å². The van der Waals surface area contributed by atoms with E-state index in [-0.39, 0.29) is 18.7 Å². The summed E-state index contributed by atoms with van der Waals surface area (Å²) in [5.41, 5.74) is -0.501. The van der Waals surface area contributed by atoms with Crippen LogP contribution in [0.5, 0.6) is 0 Å². The van der Waals surface area contributed by atoms with Gasteiger partial charge in [-0.15, -0.1) is 0 Å². The molecule has 0 unspecified atom stereocenters. The first kappa shape index (κ1) is 15.6. The van der Waals surface area contributed by atoms with E-state index in [0.717, 1.165) is 6.20 Å². The second kappa shape index (κ2) is 5.64. The van der Waals surface area contributed by atoms with Crippen LogP contribution in [0.1, 0.15) is 16.8 Å². The molecule has 1 heterocycles. The number of hydrogen-bond donors (Lipinski definition) is 4. The van der Waals surface area contributed by atoms with E-state index < -0.39 is 36.6 Å². The molecule has 0 aromatic carbocycles. The summed E-state index contributed by atoms with van der Waals surface area (Å²) >= 11 is 0. The zero-order valence-corrected chi connectivity index (χ0v) is 11.2. The van der Waals surface area contributed by atoms with Gasteiger partial charge in [-0.25, -0.2) is 31.5 Å². The molecule has 1 rings (SSSR count). The number of hydrogen-bond acceptors (Lipinski definition) is 6. The Morgan fingerprint density at radius 1 is 1.42 bits per heavy atom. The fourth-order valence-electron chi connectivity index (χ4n) is 1.18. The molecule has 0 fully saturated rings. The van der Waals surface area contributed by atoms with Crippen LogP contribution in [0.25, 0.3) is 0 Å². The molecule has 0 bridgehead atoms. The van der Waals surface area contributed by atoms with Crippen LogP contribution in [-0.4, -0.2) is 50.4 Å². The number of carbonyl (C=O) groups is 1. The van der Waals surface area contributed by atoms with E-state index >= 15 is 0 Å². The lowest BCUT2D eigenvalue weighted by Gasteiger charge is -2.05. The summed E-state index contributed by atoms with van der Waals surface area (Å²) in [5, 5.41) is 18.3. The predicted molar refractivity (Wildman–Crippen MR) is 63.3 cm³/mol. The number of rotatable bonds is 7. The summed E-state index contributed by atoms with van der Waals surface area (Å²) in [6.07, 6.45) is 0.829. The number of aromatic carboxylic acids is 1. The Kier molecular flexibility index (Phi) is 4.62. The Balaban J connectivity index is 2.72. The first-order chi connectivity index (χ1) is 8.63. The van der Waals surface area contributed by atoms with Gasteiger partial charge in [0.15, 0.2) is 5.03 Å². The summed E-state index contributed by atoms with van der Waals surface area (Å²) in [6, 6.07) is 0. The monoisotopic (exact) mass is 312 g/mol. The molecule has 0 aliphatic rings. The minimum Gasteiger partial charge on any atom is -0.478 e. The van der Waals surface area contributed by atoms with Gasteiger partial charge in [0.25, 0.3) is 10.0 Å². The highest BCUT2D eigenvalue weighted by atomic mass is 32.2. The third-order valence-electron chi connectivity index (χ3n) is 2.00. The second-order valence-electron chi connectivity index (χ2n) is 3.54. The van der Waals surface area contributed by atoms with E-state index in [1.807, 2.05) is 4.72 Å². The van der Waals surface area contributed by atoms with Gasteiger partial charge in [-0.2, -0.15) is 5.10 Å². The van der Waals surface area contributed by atoms with E-state index in [9.17, 15) is 21.6 Å². The van der Waals surface area contributed by atoms with Crippen molar-refractivity contribution >= 4 is 26.0 Å². The molecule has 10 nitrogen and oxygen atoms in total. The standard InChI is InChI=1S/C7H12N4O6S2/c8-18(14,15)3-1-2-10-19(16,17)6-5(7(12)13)4-9-11-6/h4,10H,1-3H2,(H,9,11)(H,12,13)(H2,8,14,15). The number of H-pyrrole nitrogens is 1. The molecule has 1 aromatic rings. The zero-order chi connectivity index (χ0) is 14.7. The van der Waals surface area contributed by atoms with Gasteiger partial charge in [-0.3, -0.25) is 5.10 Å². The fraction of sp³-hybridized carbons (Fsp3) is 0.429. The molecule has 0 spiro atoms. The van der Waals surface area contributed by atoms with E-state index in [1.165, 1.54) is 0 Å². The molecule has 108 valence electrons. The van der Waals surface area contributed by atoms with Crippen LogP contribution < -0.4 is 9.86 Å². The largest absolute Gasteiger partial charge is 0.478 e. The number of nitrogens with zero attached hydrogens (tertiary/aromatic N) is 1. The van der Waals surface area contributed by atoms with E-state index in [2.05, 4.69) is 10.2 Å². The lowest BCUT2D eigenvalue weighted by atomic mass is 10.4. The SMILES string of the molecule is NS(=O)(=O)CCCNS(=O)(=O)c1[nH]ncc1C(=O)O. The summed E-state index contributed by atoms with van der Waals surface area (Å²) < 4.78 is 46.7. The molecule has 0 atom stereocenters. The normalized spacial score (nSPS) is 12.5. The summed E-state index contributed by atoms with van der Waals surface area (Å²) in [5.74, 6) is -1.83. The number of primary sulfonamides is 1. The van der Waals surface area contributed by atoms with Crippen molar-refractivity contribution in [1.82, 2.24) is 14.9 Å². The Labute approximate surface area is 109 Å². The molecule has 0 amide bonds. The maximum absolute atomic E-state index is 11.7. The van der Waals surface area contributed by atoms with Gasteiger partial charge in [0.1, 0.15) is 5.56 Å². The number of sulfonamides is 2. The number of aromatic nitrogens is 2. The topological polar surface area (TPSA) is 172 Å². The number of nitrogens with one attached hydrogen (secondary N) is 2. The second-order valence-corrected chi connectivity index (χ2v) is 6.97. The van der Waals surface area contributed by atoms with Gasteiger partial charge < -0.3 is 5.11 Å². The molecule has 12 heteroatoms. The number of aromatic amines is 1. The molecule has 0 saturated carbocycles. The Hall–Kier alpha value is -1.50. The van der Waals surface area contributed by atoms with Crippen LogP contribution in [0, 0.1) is 0 Å². The van der Waals surface area contributed by atoms with Crippen molar-refractivity contribution in [3.63, 3.8) is 0 Å². The van der Waals surface area contributed by atoms with Crippen molar-refractivity contribution in [3.05, 3.63) is 11.8 Å². The third kappa shape index (κ3) is 4.59. The van der Waals surface area contributed by atoms with Gasteiger partial charge in [0.05, 0.1) is 11.9 Å². The Morgan fingerprint density at radius 2 is 2.05 bits per heavy atom. The van der Waals surface area contributed by atoms with Crippen molar-refractivity contribution in [2.24, 2.45) is 5.14 Å². The van der Waals surface area contributed by atoms with E-state index in [0.29, 0.717) is 0 Å². The molecule has 5 N–H and O–H groups in total. The molecule has 19 heavy (non-hydrogen) atoms. The van der Waals surface area contributed by atoms with Crippen LogP contribution in [0.2, 0.25) is 0 Å². The van der Waals surface area contributed by atoms with Crippen LogP contribution >= 0.6 is 0 Å². The molecule has 0 aliphatic carbocycles. The van der Waals surface area contributed by atoms with Crippen LogP contribution in [-0.2, 0) is 20.0 Å². The molecule has 0 saturated heterocycles. The Bertz CT molecular complexity index is 662. The molecular formula is C7H12N4O6S2. The lowest BCUT2D eigenvalue weighted by Crippen LogP contribution is -2.28. The van der Waals surface area contributed by atoms with Crippen molar-refractivity contribution in [2.75, 3.05) is 12.3 Å². The summed E-state index contributed by atoms with van der Waals surface area (Å²) in [6.45, 7) is -0.198. The van der Waals surface area contributed by atoms with Crippen molar-refractivity contribution in [3.8, 4) is 0 Å². The van der Waals surface area contributed by atoms with E-state index in [4.69, 9.17) is 10.2 Å². The maximum atomic E-state index is 11.7. The smallest absolute Gasteiger partial charge is 0.340 e. The minimum absolute atomic E-state index is 0.0331. The van der Waals surface area contributed by atoms with Crippen LogP contribution in [0.4, 0.5) is 0 Å². The number of carboxylic acid groups (broad SMARTS) is 1. The van der Waals surface area contributed by atoms with Crippen molar-refractivity contribution in [2.45, 2.75) is 11.4 Å². The zero-order valence-electron chi connectivity index (χ0n) is 9.53. The Morgan fingerprint density at radius 3 is 2.58 bits per heavy atom. The summed E-state index contributed by atoms with van der Waals surface area (Å²) in [7, 11) is -7.76. The molecule has 0 radical (unpaired) electrons. The van der Waals surface area contributed by atoms with Crippen LogP contribution in [0.3, 0.4) is 0 Å². The molecular weight excluding hydrogens is 300 g/mol. The lowest BCUT2D eigenvalue weighted by molar-refractivity contribution is 0.0692. The van der Waals surface area contributed by atoms with Gasteiger partial charge in [-0.05, 0) is 6.42 Å². The molecule has 1 aromatic heterocycles. The maximum Gasteiger partial charge on any atom is 0.340 e. The fourth-order valence-corrected chi connectivity index (χ4v) is 2.89. The first-order valence-electron chi connectivity index (χ1n) is 4.90. The van der Waals surface area contributed by atoms with E-state index in [1.54, 1.807) is 0 Å². The summed E-state index contributed by atoms with van der Waals surface area (Å²) in [4.78, 5) is 10.7.